The van der Waals surface area contributed by atoms with Crippen LogP contribution in [0.25, 0.3) is 22.2 Å². The van der Waals surface area contributed by atoms with Gasteiger partial charge in [0.05, 0.1) is 11.3 Å². The van der Waals surface area contributed by atoms with Gasteiger partial charge in [0.25, 0.3) is 5.89 Å². The number of rotatable bonds is 6. The van der Waals surface area contributed by atoms with Gasteiger partial charge in [-0.1, -0.05) is 35.5 Å². The SMILES string of the molecule is O=C(Cc1c(F)cccc1F)N1CCN(Cc2cccc(-c3noc(-c4cccs4)n3)c2)CC1. The van der Waals surface area contributed by atoms with E-state index in [-0.39, 0.29) is 17.9 Å². The summed E-state index contributed by atoms with van der Waals surface area (Å²) in [5, 5.41) is 6.08. The van der Waals surface area contributed by atoms with Crippen LogP contribution in [0.15, 0.2) is 64.5 Å². The monoisotopic (exact) mass is 480 g/mol. The summed E-state index contributed by atoms with van der Waals surface area (Å²) >= 11 is 1.55. The molecule has 0 N–H and O–H groups in total. The van der Waals surface area contributed by atoms with Crippen LogP contribution < -0.4 is 0 Å². The van der Waals surface area contributed by atoms with Crippen LogP contribution in [0.3, 0.4) is 0 Å². The predicted molar refractivity (Wildman–Crippen MR) is 125 cm³/mol. The molecular weight excluding hydrogens is 458 g/mol. The van der Waals surface area contributed by atoms with E-state index in [2.05, 4.69) is 15.0 Å². The van der Waals surface area contributed by atoms with Crippen LogP contribution in [0.2, 0.25) is 0 Å². The first-order chi connectivity index (χ1) is 16.6. The van der Waals surface area contributed by atoms with Crippen molar-refractivity contribution in [1.82, 2.24) is 19.9 Å². The zero-order valence-corrected chi connectivity index (χ0v) is 19.1. The number of hydrogen-bond acceptors (Lipinski definition) is 6. The molecule has 0 spiro atoms. The van der Waals surface area contributed by atoms with Crippen LogP contribution in [0.5, 0.6) is 0 Å². The third-order valence-electron chi connectivity index (χ3n) is 5.86. The van der Waals surface area contributed by atoms with Gasteiger partial charge in [0.1, 0.15) is 11.6 Å². The lowest BCUT2D eigenvalue weighted by Gasteiger charge is -2.35. The molecule has 1 saturated heterocycles. The summed E-state index contributed by atoms with van der Waals surface area (Å²) in [7, 11) is 0. The van der Waals surface area contributed by atoms with Crippen LogP contribution in [0.4, 0.5) is 8.78 Å². The molecule has 1 aliphatic rings. The average Bonchev–Trinajstić information content (AvgIpc) is 3.54. The Bertz CT molecular complexity index is 1260. The molecule has 4 aromatic rings. The Morgan fingerprint density at radius 1 is 1.00 bits per heavy atom. The van der Waals surface area contributed by atoms with Gasteiger partial charge >= 0.3 is 0 Å². The highest BCUT2D eigenvalue weighted by Crippen LogP contribution is 2.26. The van der Waals surface area contributed by atoms with Crippen LogP contribution >= 0.6 is 11.3 Å². The standard InChI is InChI=1S/C25H22F2N4O2S/c26-20-6-2-7-21(27)19(20)15-23(32)31-11-9-30(10-12-31)16-17-4-1-5-18(14-17)24-28-25(33-29-24)22-8-3-13-34-22/h1-8,13-14H,9-12,15-16H2. The number of halogens is 2. The second-order valence-corrected chi connectivity index (χ2v) is 9.08. The fourth-order valence-corrected chi connectivity index (χ4v) is 4.67. The van der Waals surface area contributed by atoms with E-state index in [1.165, 1.54) is 18.2 Å². The first-order valence-electron chi connectivity index (χ1n) is 11.0. The summed E-state index contributed by atoms with van der Waals surface area (Å²) in [5.41, 5.74) is 1.81. The van der Waals surface area contributed by atoms with Crippen molar-refractivity contribution in [1.29, 1.82) is 0 Å². The minimum atomic E-state index is -0.684. The summed E-state index contributed by atoms with van der Waals surface area (Å²) in [5.74, 6) is -0.580. The van der Waals surface area contributed by atoms with Gasteiger partial charge in [0.2, 0.25) is 11.7 Å². The molecule has 1 amide bonds. The summed E-state index contributed by atoms with van der Waals surface area (Å²) in [4.78, 5) is 21.9. The molecule has 2 aromatic carbocycles. The Hall–Kier alpha value is -3.43. The van der Waals surface area contributed by atoms with E-state index in [0.29, 0.717) is 44.4 Å². The highest BCUT2D eigenvalue weighted by atomic mass is 32.1. The van der Waals surface area contributed by atoms with Crippen LogP contribution in [0, 0.1) is 11.6 Å². The van der Waals surface area contributed by atoms with E-state index in [0.717, 1.165) is 16.0 Å². The number of aromatic nitrogens is 2. The maximum atomic E-state index is 13.9. The van der Waals surface area contributed by atoms with Gasteiger partial charge in [-0.15, -0.1) is 11.3 Å². The lowest BCUT2D eigenvalue weighted by Crippen LogP contribution is -2.48. The van der Waals surface area contributed by atoms with Crippen molar-refractivity contribution in [3.63, 3.8) is 0 Å². The van der Waals surface area contributed by atoms with E-state index in [1.807, 2.05) is 41.8 Å². The maximum Gasteiger partial charge on any atom is 0.268 e. The number of benzene rings is 2. The fraction of sp³-hybridized carbons (Fsp3) is 0.240. The summed E-state index contributed by atoms with van der Waals surface area (Å²) in [6.45, 7) is 3.11. The van der Waals surface area contributed by atoms with E-state index >= 15 is 0 Å². The third-order valence-corrected chi connectivity index (χ3v) is 6.72. The van der Waals surface area contributed by atoms with Gasteiger partial charge in [0.15, 0.2) is 0 Å². The average molecular weight is 481 g/mol. The Morgan fingerprint density at radius 3 is 2.50 bits per heavy atom. The summed E-state index contributed by atoms with van der Waals surface area (Å²) < 4.78 is 33.2. The molecule has 1 aliphatic heterocycles. The molecule has 0 aliphatic carbocycles. The number of carbonyl (C=O) groups is 1. The Balaban J connectivity index is 1.18. The molecular formula is C25H22F2N4O2S. The topological polar surface area (TPSA) is 62.5 Å². The van der Waals surface area contributed by atoms with Crippen molar-refractivity contribution in [2.75, 3.05) is 26.2 Å². The zero-order chi connectivity index (χ0) is 23.5. The number of piperazine rings is 1. The number of amides is 1. The van der Waals surface area contributed by atoms with Gasteiger partial charge in [-0.25, -0.2) is 8.78 Å². The first-order valence-corrected chi connectivity index (χ1v) is 11.8. The molecule has 0 bridgehead atoms. The molecule has 0 radical (unpaired) electrons. The lowest BCUT2D eigenvalue weighted by atomic mass is 10.1. The Labute approximate surface area is 199 Å². The van der Waals surface area contributed by atoms with Crippen molar-refractivity contribution in [2.45, 2.75) is 13.0 Å². The minimum absolute atomic E-state index is 0.171. The van der Waals surface area contributed by atoms with E-state index in [1.54, 1.807) is 16.2 Å². The summed E-state index contributed by atoms with van der Waals surface area (Å²) in [6.07, 6.45) is -0.265. The lowest BCUT2D eigenvalue weighted by molar-refractivity contribution is -0.132. The maximum absolute atomic E-state index is 13.9. The quantitative estimate of drug-likeness (QED) is 0.403. The molecule has 174 valence electrons. The van der Waals surface area contributed by atoms with Gasteiger partial charge in [-0.3, -0.25) is 9.69 Å². The number of carbonyl (C=O) groups excluding carboxylic acids is 1. The molecule has 3 heterocycles. The van der Waals surface area contributed by atoms with E-state index in [9.17, 15) is 13.6 Å². The van der Waals surface area contributed by atoms with Gasteiger partial charge in [-0.2, -0.15) is 4.98 Å². The van der Waals surface area contributed by atoms with E-state index in [4.69, 9.17) is 4.52 Å². The first kappa shape index (κ1) is 22.4. The number of hydrogen-bond donors (Lipinski definition) is 0. The molecule has 0 unspecified atom stereocenters. The van der Waals surface area contributed by atoms with E-state index < -0.39 is 11.6 Å². The zero-order valence-electron chi connectivity index (χ0n) is 18.3. The number of thiophene rings is 1. The van der Waals surface area contributed by atoms with Gasteiger partial charge < -0.3 is 9.42 Å². The molecule has 2 aromatic heterocycles. The number of nitrogens with zero attached hydrogens (tertiary/aromatic N) is 4. The highest BCUT2D eigenvalue weighted by Gasteiger charge is 2.23. The van der Waals surface area contributed by atoms with Crippen LogP contribution in [0.1, 0.15) is 11.1 Å². The van der Waals surface area contributed by atoms with Crippen molar-refractivity contribution in [3.8, 4) is 22.2 Å². The smallest absolute Gasteiger partial charge is 0.268 e. The normalized spacial score (nSPS) is 14.5. The Kier molecular flexibility index (Phi) is 6.46. The van der Waals surface area contributed by atoms with Crippen molar-refractivity contribution in [3.05, 3.63) is 82.7 Å². The molecule has 5 rings (SSSR count). The fourth-order valence-electron chi connectivity index (χ4n) is 4.03. The second-order valence-electron chi connectivity index (χ2n) is 8.13. The largest absolute Gasteiger partial charge is 0.340 e. The summed E-state index contributed by atoms with van der Waals surface area (Å²) in [6, 6.07) is 15.5. The van der Waals surface area contributed by atoms with Gasteiger partial charge in [0, 0.05) is 43.9 Å². The van der Waals surface area contributed by atoms with Crippen LogP contribution in [-0.2, 0) is 17.8 Å². The molecule has 0 atom stereocenters. The van der Waals surface area contributed by atoms with Crippen molar-refractivity contribution < 1.29 is 18.1 Å². The van der Waals surface area contributed by atoms with Crippen LogP contribution in [-0.4, -0.2) is 52.0 Å². The minimum Gasteiger partial charge on any atom is -0.340 e. The molecule has 6 nitrogen and oxygen atoms in total. The Morgan fingerprint density at radius 2 is 1.76 bits per heavy atom. The van der Waals surface area contributed by atoms with Crippen molar-refractivity contribution in [2.24, 2.45) is 0 Å². The van der Waals surface area contributed by atoms with Crippen molar-refractivity contribution >= 4 is 17.2 Å². The molecule has 34 heavy (non-hydrogen) atoms. The second kappa shape index (κ2) is 9.82. The molecule has 0 saturated carbocycles. The third kappa shape index (κ3) is 4.90. The van der Waals surface area contributed by atoms with Gasteiger partial charge in [-0.05, 0) is 35.2 Å². The highest BCUT2D eigenvalue weighted by molar-refractivity contribution is 7.13. The molecule has 1 fully saturated rings. The predicted octanol–water partition coefficient (Wildman–Crippen LogP) is 4.63. The molecule has 9 heteroatoms.